The van der Waals surface area contributed by atoms with Crippen molar-refractivity contribution < 1.29 is 13.2 Å². The lowest BCUT2D eigenvalue weighted by Gasteiger charge is -2.11. The molecular weight excluding hydrogens is 200 g/mol. The molecule has 2 nitrogen and oxygen atoms in total. The molecule has 0 unspecified atom stereocenters. The first-order valence-electron chi connectivity index (χ1n) is 4.63. The van der Waals surface area contributed by atoms with Crippen LogP contribution in [0.3, 0.4) is 0 Å². The molecule has 0 saturated carbocycles. The molecule has 1 heterocycles. The molecule has 0 fully saturated rings. The summed E-state index contributed by atoms with van der Waals surface area (Å²) in [5.74, 6) is -3.42. The summed E-state index contributed by atoms with van der Waals surface area (Å²) in [6.45, 7) is 0.873. The van der Waals surface area contributed by atoms with Crippen molar-refractivity contribution in [1.82, 2.24) is 0 Å². The molecule has 0 aliphatic carbocycles. The standard InChI is InChI=1S/C11H11F2NO/c1-7-8-4-2-3-5-9(8)15-10(7)11(12,13)6-14/h2-5H,6,14H2,1H3. The third kappa shape index (κ3) is 1.51. The van der Waals surface area contributed by atoms with Crippen LogP contribution >= 0.6 is 0 Å². The maximum Gasteiger partial charge on any atom is 0.316 e. The molecule has 2 rings (SSSR count). The minimum Gasteiger partial charge on any atom is -0.454 e. The topological polar surface area (TPSA) is 39.2 Å². The van der Waals surface area contributed by atoms with Gasteiger partial charge in [0.1, 0.15) is 5.58 Å². The van der Waals surface area contributed by atoms with Gasteiger partial charge in [-0.25, -0.2) is 0 Å². The molecule has 1 aromatic heterocycles. The van der Waals surface area contributed by atoms with Crippen LogP contribution in [0, 0.1) is 6.92 Å². The van der Waals surface area contributed by atoms with Gasteiger partial charge in [0.15, 0.2) is 5.76 Å². The van der Waals surface area contributed by atoms with Crippen LogP contribution in [0.15, 0.2) is 28.7 Å². The first kappa shape index (κ1) is 10.1. The monoisotopic (exact) mass is 211 g/mol. The summed E-state index contributed by atoms with van der Waals surface area (Å²) in [6, 6.07) is 6.95. The Morgan fingerprint density at radius 3 is 2.60 bits per heavy atom. The summed E-state index contributed by atoms with van der Waals surface area (Å²) in [5.41, 5.74) is 5.95. The lowest BCUT2D eigenvalue weighted by atomic mass is 10.1. The zero-order valence-electron chi connectivity index (χ0n) is 8.26. The van der Waals surface area contributed by atoms with Gasteiger partial charge in [0.25, 0.3) is 0 Å². The van der Waals surface area contributed by atoms with Crippen LogP contribution < -0.4 is 5.73 Å². The maximum absolute atomic E-state index is 13.4. The van der Waals surface area contributed by atoms with E-state index in [4.69, 9.17) is 10.2 Å². The molecule has 1 aromatic carbocycles. The van der Waals surface area contributed by atoms with E-state index >= 15 is 0 Å². The first-order chi connectivity index (χ1) is 7.06. The number of halogens is 2. The van der Waals surface area contributed by atoms with Gasteiger partial charge in [-0.2, -0.15) is 8.78 Å². The Balaban J connectivity index is 2.68. The van der Waals surface area contributed by atoms with E-state index in [1.54, 1.807) is 31.2 Å². The van der Waals surface area contributed by atoms with Gasteiger partial charge in [0.05, 0.1) is 6.54 Å². The summed E-state index contributed by atoms with van der Waals surface area (Å²) in [6.07, 6.45) is 0. The number of rotatable bonds is 2. The molecule has 15 heavy (non-hydrogen) atoms. The fraction of sp³-hybridized carbons (Fsp3) is 0.273. The van der Waals surface area contributed by atoms with Gasteiger partial charge in [-0.3, -0.25) is 0 Å². The van der Waals surface area contributed by atoms with Crippen LogP contribution in [0.4, 0.5) is 8.78 Å². The fourth-order valence-corrected chi connectivity index (χ4v) is 1.62. The molecule has 0 aliphatic rings. The Kier molecular flexibility index (Phi) is 2.23. The summed E-state index contributed by atoms with van der Waals surface area (Å²) in [5, 5.41) is 0.709. The smallest absolute Gasteiger partial charge is 0.316 e. The van der Waals surface area contributed by atoms with Crippen molar-refractivity contribution in [3.8, 4) is 0 Å². The van der Waals surface area contributed by atoms with Gasteiger partial charge in [0, 0.05) is 10.9 Å². The molecule has 0 saturated heterocycles. The second-order valence-electron chi connectivity index (χ2n) is 3.46. The number of hydrogen-bond acceptors (Lipinski definition) is 2. The summed E-state index contributed by atoms with van der Waals surface area (Å²) in [4.78, 5) is 0. The number of benzene rings is 1. The lowest BCUT2D eigenvalue weighted by Crippen LogP contribution is -2.25. The predicted octanol–water partition coefficient (Wildman–Crippen LogP) is 2.79. The molecule has 0 atom stereocenters. The Hall–Kier alpha value is -1.42. The van der Waals surface area contributed by atoms with Crippen LogP contribution in [0.1, 0.15) is 11.3 Å². The summed E-state index contributed by atoms with van der Waals surface area (Å²) in [7, 11) is 0. The van der Waals surface area contributed by atoms with Crippen molar-refractivity contribution in [1.29, 1.82) is 0 Å². The van der Waals surface area contributed by atoms with Gasteiger partial charge in [-0.1, -0.05) is 18.2 Å². The number of aryl methyl sites for hydroxylation is 1. The fourth-order valence-electron chi connectivity index (χ4n) is 1.62. The minimum atomic E-state index is -3.09. The average Bonchev–Trinajstić information content (AvgIpc) is 2.58. The largest absolute Gasteiger partial charge is 0.454 e. The summed E-state index contributed by atoms with van der Waals surface area (Å²) >= 11 is 0. The van der Waals surface area contributed by atoms with Crippen molar-refractivity contribution >= 4 is 11.0 Å². The molecule has 0 spiro atoms. The molecule has 0 bridgehead atoms. The van der Waals surface area contributed by atoms with Crippen LogP contribution in [0.5, 0.6) is 0 Å². The highest BCUT2D eigenvalue weighted by Gasteiger charge is 2.36. The van der Waals surface area contributed by atoms with Gasteiger partial charge < -0.3 is 10.2 Å². The summed E-state index contributed by atoms with van der Waals surface area (Å²) < 4.78 is 31.9. The van der Waals surface area contributed by atoms with E-state index in [1.165, 1.54) is 0 Å². The minimum absolute atomic E-state index is 0.328. The number of hydrogen-bond donors (Lipinski definition) is 1. The van der Waals surface area contributed by atoms with Crippen LogP contribution in [-0.4, -0.2) is 6.54 Å². The zero-order valence-corrected chi connectivity index (χ0v) is 8.26. The van der Waals surface area contributed by atoms with E-state index in [0.29, 0.717) is 16.5 Å². The Labute approximate surface area is 85.7 Å². The number of fused-ring (bicyclic) bond motifs is 1. The van der Waals surface area contributed by atoms with Crippen molar-refractivity contribution in [3.05, 3.63) is 35.6 Å². The molecule has 0 amide bonds. The lowest BCUT2D eigenvalue weighted by molar-refractivity contribution is -0.0153. The molecule has 80 valence electrons. The van der Waals surface area contributed by atoms with E-state index in [9.17, 15) is 8.78 Å². The number of alkyl halides is 2. The SMILES string of the molecule is Cc1c(C(F)(F)CN)oc2ccccc12. The van der Waals surface area contributed by atoms with Gasteiger partial charge in [-0.15, -0.1) is 0 Å². The first-order valence-corrected chi connectivity index (χ1v) is 4.63. The van der Waals surface area contributed by atoms with Gasteiger partial charge in [-0.05, 0) is 13.0 Å². The van der Waals surface area contributed by atoms with Crippen molar-refractivity contribution in [3.63, 3.8) is 0 Å². The molecule has 2 aromatic rings. The van der Waals surface area contributed by atoms with Crippen molar-refractivity contribution in [2.75, 3.05) is 6.54 Å². The van der Waals surface area contributed by atoms with Crippen LogP contribution in [0.2, 0.25) is 0 Å². The highest BCUT2D eigenvalue weighted by Crippen LogP contribution is 2.35. The highest BCUT2D eigenvalue weighted by molar-refractivity contribution is 5.82. The van der Waals surface area contributed by atoms with Crippen LogP contribution in [0.25, 0.3) is 11.0 Å². The van der Waals surface area contributed by atoms with Crippen molar-refractivity contribution in [2.45, 2.75) is 12.8 Å². The number of furan rings is 1. The van der Waals surface area contributed by atoms with E-state index in [2.05, 4.69) is 0 Å². The van der Waals surface area contributed by atoms with E-state index in [-0.39, 0.29) is 5.76 Å². The van der Waals surface area contributed by atoms with E-state index in [0.717, 1.165) is 0 Å². The third-order valence-corrected chi connectivity index (χ3v) is 2.43. The quantitative estimate of drug-likeness (QED) is 0.829. The third-order valence-electron chi connectivity index (χ3n) is 2.43. The van der Waals surface area contributed by atoms with Gasteiger partial charge >= 0.3 is 5.92 Å². The Bertz CT molecular complexity index is 490. The maximum atomic E-state index is 13.4. The predicted molar refractivity (Wildman–Crippen MR) is 53.9 cm³/mol. The van der Waals surface area contributed by atoms with E-state index < -0.39 is 12.5 Å². The molecule has 4 heteroatoms. The molecule has 2 N–H and O–H groups in total. The Morgan fingerprint density at radius 1 is 1.33 bits per heavy atom. The molecule has 0 radical (unpaired) electrons. The second-order valence-corrected chi connectivity index (χ2v) is 3.46. The van der Waals surface area contributed by atoms with Crippen LogP contribution in [-0.2, 0) is 5.92 Å². The van der Waals surface area contributed by atoms with Gasteiger partial charge in [0.2, 0.25) is 0 Å². The average molecular weight is 211 g/mol. The zero-order chi connectivity index (χ0) is 11.1. The Morgan fingerprint density at radius 2 is 2.00 bits per heavy atom. The number of nitrogens with two attached hydrogens (primary N) is 1. The van der Waals surface area contributed by atoms with Crippen molar-refractivity contribution in [2.24, 2.45) is 5.73 Å². The number of para-hydroxylation sites is 1. The molecule has 0 aliphatic heterocycles. The second kappa shape index (κ2) is 3.31. The normalized spacial score (nSPS) is 12.3. The van der Waals surface area contributed by atoms with E-state index in [1.807, 2.05) is 0 Å². The highest BCUT2D eigenvalue weighted by atomic mass is 19.3. The molecular formula is C11H11F2NO.